The van der Waals surface area contributed by atoms with Crippen molar-refractivity contribution in [3.63, 3.8) is 0 Å². The van der Waals surface area contributed by atoms with E-state index in [9.17, 15) is 0 Å². The van der Waals surface area contributed by atoms with E-state index in [2.05, 4.69) is 151 Å². The first kappa shape index (κ1) is 22.4. The molecule has 5 aromatic rings. The fourth-order valence-electron chi connectivity index (χ4n) is 4.90. The van der Waals surface area contributed by atoms with Crippen molar-refractivity contribution in [1.29, 1.82) is 0 Å². The summed E-state index contributed by atoms with van der Waals surface area (Å²) in [6.45, 7) is 4.61. The van der Waals surface area contributed by atoms with Gasteiger partial charge >= 0.3 is 0 Å². The first-order chi connectivity index (χ1) is 16.6. The summed E-state index contributed by atoms with van der Waals surface area (Å²) in [6, 6.07) is 43.8. The van der Waals surface area contributed by atoms with E-state index in [1.807, 2.05) is 0 Å². The van der Waals surface area contributed by atoms with Gasteiger partial charge in [-0.15, -0.1) is 0 Å². The minimum atomic E-state index is 0.169. The average Bonchev–Trinajstić information content (AvgIpc) is 2.87. The molecule has 0 saturated heterocycles. The van der Waals surface area contributed by atoms with E-state index in [-0.39, 0.29) is 6.71 Å². The van der Waals surface area contributed by atoms with Gasteiger partial charge in [0.2, 0.25) is 6.71 Å². The largest absolute Gasteiger partial charge is 0.241 e. The highest BCUT2D eigenvalue weighted by atomic mass is 79.9. The van der Waals surface area contributed by atoms with Gasteiger partial charge in [0.1, 0.15) is 0 Å². The molecule has 5 aromatic carbocycles. The van der Waals surface area contributed by atoms with Crippen LogP contribution in [0.5, 0.6) is 0 Å². The Balaban J connectivity index is 1.60. The van der Waals surface area contributed by atoms with E-state index in [0.717, 1.165) is 4.47 Å². The van der Waals surface area contributed by atoms with Gasteiger partial charge < -0.3 is 0 Å². The smallest absolute Gasteiger partial charge is 0.0686 e. The Labute approximate surface area is 211 Å². The lowest BCUT2D eigenvalue weighted by Gasteiger charge is -2.21. The zero-order valence-electron chi connectivity index (χ0n) is 19.5. The molecule has 0 bridgehead atoms. The Hall–Kier alpha value is -3.36. The minimum absolute atomic E-state index is 0.169. The normalized spacial score (nSPS) is 10.8. The van der Waals surface area contributed by atoms with E-state index in [4.69, 9.17) is 0 Å². The van der Waals surface area contributed by atoms with Crippen molar-refractivity contribution in [1.82, 2.24) is 0 Å². The maximum atomic E-state index is 3.68. The highest BCUT2D eigenvalue weighted by Gasteiger charge is 2.25. The summed E-state index contributed by atoms with van der Waals surface area (Å²) >= 11 is 3.68. The molecule has 0 N–H and O–H groups in total. The standard InChI is InChI=1S/C32H26BBr/c1-23-21-31(34)22-24(2)32(23)33(29-17-13-27(14-18-29)25-9-5-3-6-10-25)30-19-15-28(16-20-30)26-11-7-4-8-12-26/h3-22H,1-2H3. The Morgan fingerprint density at radius 2 is 0.824 bits per heavy atom. The lowest BCUT2D eigenvalue weighted by Crippen LogP contribution is -2.53. The topological polar surface area (TPSA) is 0 Å². The van der Waals surface area contributed by atoms with Gasteiger partial charge in [0.15, 0.2) is 0 Å². The summed E-state index contributed by atoms with van der Waals surface area (Å²) in [5.74, 6) is 0. The molecule has 0 aliphatic heterocycles. The van der Waals surface area contributed by atoms with Crippen LogP contribution in [0.25, 0.3) is 22.3 Å². The van der Waals surface area contributed by atoms with Crippen LogP contribution in [0.2, 0.25) is 0 Å². The van der Waals surface area contributed by atoms with Crippen LogP contribution >= 0.6 is 15.9 Å². The Bertz CT molecular complexity index is 1280. The summed E-state index contributed by atoms with van der Waals surface area (Å²) in [4.78, 5) is 0. The molecule has 0 fully saturated rings. The lowest BCUT2D eigenvalue weighted by atomic mass is 9.35. The van der Waals surface area contributed by atoms with E-state index >= 15 is 0 Å². The first-order valence-electron chi connectivity index (χ1n) is 11.7. The molecule has 34 heavy (non-hydrogen) atoms. The summed E-state index contributed by atoms with van der Waals surface area (Å²) in [5.41, 5.74) is 11.6. The molecule has 0 radical (unpaired) electrons. The molecule has 0 aliphatic carbocycles. The van der Waals surface area contributed by atoms with Crippen molar-refractivity contribution in [2.24, 2.45) is 0 Å². The monoisotopic (exact) mass is 500 g/mol. The van der Waals surface area contributed by atoms with Gasteiger partial charge in [-0.25, -0.2) is 0 Å². The van der Waals surface area contributed by atoms with Crippen molar-refractivity contribution in [3.8, 4) is 22.3 Å². The highest BCUT2D eigenvalue weighted by molar-refractivity contribution is 9.10. The summed E-state index contributed by atoms with van der Waals surface area (Å²) in [7, 11) is 0. The molecule has 0 unspecified atom stereocenters. The fourth-order valence-corrected chi connectivity index (χ4v) is 5.59. The zero-order valence-corrected chi connectivity index (χ0v) is 21.1. The predicted octanol–water partition coefficient (Wildman–Crippen LogP) is 6.92. The quantitative estimate of drug-likeness (QED) is 0.230. The Morgan fingerprint density at radius 3 is 1.21 bits per heavy atom. The van der Waals surface area contributed by atoms with E-state index in [0.29, 0.717) is 0 Å². The third-order valence-corrected chi connectivity index (χ3v) is 7.01. The van der Waals surface area contributed by atoms with Crippen LogP contribution in [0, 0.1) is 13.8 Å². The third-order valence-electron chi connectivity index (χ3n) is 6.55. The third kappa shape index (κ3) is 4.65. The van der Waals surface area contributed by atoms with Crippen LogP contribution < -0.4 is 16.4 Å². The second-order valence-electron chi connectivity index (χ2n) is 8.86. The maximum Gasteiger partial charge on any atom is 0.241 e. The van der Waals surface area contributed by atoms with E-state index in [1.165, 1.54) is 49.8 Å². The second kappa shape index (κ2) is 9.87. The number of hydrogen-bond acceptors (Lipinski definition) is 0. The summed E-state index contributed by atoms with van der Waals surface area (Å²) in [5, 5.41) is 0. The molecule has 2 heteroatoms. The van der Waals surface area contributed by atoms with Crippen molar-refractivity contribution in [2.45, 2.75) is 13.8 Å². The van der Waals surface area contributed by atoms with Crippen LogP contribution in [-0.2, 0) is 0 Å². The van der Waals surface area contributed by atoms with Gasteiger partial charge in [-0.1, -0.05) is 153 Å². The molecular formula is C32H26BBr. The van der Waals surface area contributed by atoms with Crippen molar-refractivity contribution >= 4 is 39.0 Å². The SMILES string of the molecule is Cc1cc(Br)cc(C)c1B(c1ccc(-c2ccccc2)cc1)c1ccc(-c2ccccc2)cc1. The zero-order chi connectivity index (χ0) is 23.5. The summed E-state index contributed by atoms with van der Waals surface area (Å²) in [6.07, 6.45) is 0. The van der Waals surface area contributed by atoms with Crippen molar-refractivity contribution in [2.75, 3.05) is 0 Å². The summed E-state index contributed by atoms with van der Waals surface area (Å²) < 4.78 is 1.13. The predicted molar refractivity (Wildman–Crippen MR) is 152 cm³/mol. The van der Waals surface area contributed by atoms with Gasteiger partial charge in [0.05, 0.1) is 0 Å². The van der Waals surface area contributed by atoms with Gasteiger partial charge in [-0.3, -0.25) is 0 Å². The molecular weight excluding hydrogens is 475 g/mol. The molecule has 0 nitrogen and oxygen atoms in total. The second-order valence-corrected chi connectivity index (χ2v) is 9.78. The molecule has 0 aliphatic rings. The highest BCUT2D eigenvalue weighted by Crippen LogP contribution is 2.20. The molecule has 0 spiro atoms. The van der Waals surface area contributed by atoms with Gasteiger partial charge in [0, 0.05) is 4.47 Å². The van der Waals surface area contributed by atoms with Crippen LogP contribution in [0.1, 0.15) is 11.1 Å². The Morgan fingerprint density at radius 1 is 0.471 bits per heavy atom. The van der Waals surface area contributed by atoms with E-state index in [1.54, 1.807) is 0 Å². The van der Waals surface area contributed by atoms with Crippen molar-refractivity contribution in [3.05, 3.63) is 137 Å². The van der Waals surface area contributed by atoms with Crippen LogP contribution in [0.15, 0.2) is 126 Å². The minimum Gasteiger partial charge on any atom is -0.0686 e. The molecule has 5 rings (SSSR count). The number of aryl methyl sites for hydroxylation is 2. The number of benzene rings is 5. The van der Waals surface area contributed by atoms with E-state index < -0.39 is 0 Å². The van der Waals surface area contributed by atoms with Crippen molar-refractivity contribution < 1.29 is 0 Å². The maximum absolute atomic E-state index is 3.68. The lowest BCUT2D eigenvalue weighted by molar-refractivity contribution is 1.41. The van der Waals surface area contributed by atoms with Crippen LogP contribution in [-0.4, -0.2) is 6.71 Å². The Kier molecular flexibility index (Phi) is 6.51. The van der Waals surface area contributed by atoms with Gasteiger partial charge in [0.25, 0.3) is 0 Å². The number of hydrogen-bond donors (Lipinski definition) is 0. The van der Waals surface area contributed by atoms with Crippen LogP contribution in [0.4, 0.5) is 0 Å². The molecule has 0 saturated carbocycles. The first-order valence-corrected chi connectivity index (χ1v) is 12.5. The fraction of sp³-hybridized carbons (Fsp3) is 0.0625. The number of rotatable bonds is 5. The molecule has 0 amide bonds. The van der Waals surface area contributed by atoms with Crippen LogP contribution in [0.3, 0.4) is 0 Å². The van der Waals surface area contributed by atoms with Gasteiger partial charge in [-0.05, 0) is 48.2 Å². The van der Waals surface area contributed by atoms with Gasteiger partial charge in [-0.2, -0.15) is 0 Å². The molecule has 164 valence electrons. The number of halogens is 1. The molecule has 0 aromatic heterocycles. The molecule has 0 heterocycles. The molecule has 0 atom stereocenters. The average molecular weight is 501 g/mol.